The molecule has 0 fully saturated rings. The number of benzene rings is 8. The summed E-state index contributed by atoms with van der Waals surface area (Å²) in [5, 5.41) is 5.40. The number of anilines is 3. The fourth-order valence-electron chi connectivity index (χ4n) is 7.34. The molecular formula is C48H37NSi. The third-order valence-corrected chi connectivity index (χ3v) is 14.4. The number of hydrogen-bond donors (Lipinski definition) is 0. The molecule has 238 valence electrons. The van der Waals surface area contributed by atoms with Gasteiger partial charge in [-0.25, -0.2) is 0 Å². The van der Waals surface area contributed by atoms with E-state index in [1.165, 1.54) is 43.0 Å². The highest BCUT2D eigenvalue weighted by Gasteiger charge is 2.42. The first-order valence-electron chi connectivity index (χ1n) is 17.2. The summed E-state index contributed by atoms with van der Waals surface area (Å²) >= 11 is 0. The predicted octanol–water partition coefficient (Wildman–Crippen LogP) is 9.87. The maximum atomic E-state index is 2.48. The zero-order chi connectivity index (χ0) is 33.6. The largest absolute Gasteiger partial charge is 0.311 e. The number of rotatable bonds is 9. The van der Waals surface area contributed by atoms with Crippen molar-refractivity contribution in [1.82, 2.24) is 0 Å². The van der Waals surface area contributed by atoms with E-state index in [4.69, 9.17) is 0 Å². The standard InChI is InChI=1S/C48H37NSi/c1-7-19-38(20-8-1)47-36-35-46(37-48(47)39-21-9-2-10-22-39)50(43-27-15-5-16-28-43,44-29-17-6-18-30-44)45-33-31-42(32-34-45)49(40-23-11-3-12-24-40)41-25-13-4-14-26-41/h1-37H. The first-order valence-corrected chi connectivity index (χ1v) is 19.2. The maximum Gasteiger partial charge on any atom is 0.179 e. The molecule has 50 heavy (non-hydrogen) atoms. The van der Waals surface area contributed by atoms with Crippen molar-refractivity contribution in [2.24, 2.45) is 0 Å². The van der Waals surface area contributed by atoms with Gasteiger partial charge < -0.3 is 4.90 Å². The Morgan fingerprint density at radius 1 is 0.260 bits per heavy atom. The minimum Gasteiger partial charge on any atom is -0.311 e. The van der Waals surface area contributed by atoms with Crippen molar-refractivity contribution in [2.75, 3.05) is 4.90 Å². The molecule has 0 saturated carbocycles. The van der Waals surface area contributed by atoms with E-state index in [1.807, 2.05) is 0 Å². The lowest BCUT2D eigenvalue weighted by Crippen LogP contribution is -2.74. The van der Waals surface area contributed by atoms with Crippen LogP contribution in [0.4, 0.5) is 17.1 Å². The third-order valence-electron chi connectivity index (χ3n) is 9.62. The molecule has 0 bridgehead atoms. The van der Waals surface area contributed by atoms with Crippen LogP contribution < -0.4 is 25.6 Å². The quantitative estimate of drug-likeness (QED) is 0.111. The molecule has 0 radical (unpaired) electrons. The van der Waals surface area contributed by atoms with Crippen molar-refractivity contribution in [1.29, 1.82) is 0 Å². The van der Waals surface area contributed by atoms with Gasteiger partial charge in [0, 0.05) is 17.1 Å². The molecule has 0 spiro atoms. The van der Waals surface area contributed by atoms with Crippen LogP contribution in [0.25, 0.3) is 22.3 Å². The van der Waals surface area contributed by atoms with Gasteiger partial charge in [0.05, 0.1) is 0 Å². The van der Waals surface area contributed by atoms with Crippen LogP contribution in [0.5, 0.6) is 0 Å². The summed E-state index contributed by atoms with van der Waals surface area (Å²) in [5.74, 6) is 0. The molecule has 0 saturated heterocycles. The molecular weight excluding hydrogens is 619 g/mol. The second kappa shape index (κ2) is 14.1. The topological polar surface area (TPSA) is 3.24 Å². The predicted molar refractivity (Wildman–Crippen MR) is 216 cm³/mol. The molecule has 0 N–H and O–H groups in total. The molecule has 8 aromatic carbocycles. The zero-order valence-corrected chi connectivity index (χ0v) is 28.8. The molecule has 0 aliphatic rings. The molecule has 0 heterocycles. The smallest absolute Gasteiger partial charge is 0.179 e. The van der Waals surface area contributed by atoms with Gasteiger partial charge >= 0.3 is 0 Å². The van der Waals surface area contributed by atoms with Crippen molar-refractivity contribution in [3.8, 4) is 22.3 Å². The highest BCUT2D eigenvalue weighted by molar-refractivity contribution is 7.20. The van der Waals surface area contributed by atoms with E-state index in [9.17, 15) is 0 Å². The zero-order valence-electron chi connectivity index (χ0n) is 27.8. The van der Waals surface area contributed by atoms with E-state index in [2.05, 4.69) is 229 Å². The number of hydrogen-bond acceptors (Lipinski definition) is 1. The monoisotopic (exact) mass is 655 g/mol. The SMILES string of the molecule is c1ccc(-c2ccc([Si](c3ccccc3)(c3ccccc3)c3ccc(N(c4ccccc4)c4ccccc4)cc3)cc2-c2ccccc2)cc1. The van der Waals surface area contributed by atoms with Gasteiger partial charge in [0.15, 0.2) is 8.07 Å². The maximum absolute atomic E-state index is 2.82. The molecule has 1 nitrogen and oxygen atoms in total. The molecule has 8 aromatic rings. The van der Waals surface area contributed by atoms with Crippen LogP contribution in [-0.4, -0.2) is 8.07 Å². The Morgan fingerprint density at radius 3 is 1.06 bits per heavy atom. The van der Waals surface area contributed by atoms with Gasteiger partial charge in [-0.15, -0.1) is 0 Å². The van der Waals surface area contributed by atoms with Gasteiger partial charge in [0.2, 0.25) is 0 Å². The molecule has 0 atom stereocenters. The lowest BCUT2D eigenvalue weighted by molar-refractivity contribution is 1.28. The van der Waals surface area contributed by atoms with Crippen LogP contribution in [0.2, 0.25) is 0 Å². The molecule has 0 unspecified atom stereocenters. The van der Waals surface area contributed by atoms with Gasteiger partial charge in [0.25, 0.3) is 0 Å². The molecule has 0 amide bonds. The average molecular weight is 656 g/mol. The van der Waals surface area contributed by atoms with E-state index < -0.39 is 8.07 Å². The van der Waals surface area contributed by atoms with Crippen LogP contribution >= 0.6 is 0 Å². The first kappa shape index (κ1) is 31.1. The van der Waals surface area contributed by atoms with E-state index in [0.717, 1.165) is 17.1 Å². The summed E-state index contributed by atoms with van der Waals surface area (Å²) in [6, 6.07) is 81.8. The van der Waals surface area contributed by atoms with Crippen LogP contribution in [0, 0.1) is 0 Å². The summed E-state index contributed by atoms with van der Waals surface area (Å²) in [5.41, 5.74) is 8.30. The minimum absolute atomic E-state index is 1.12. The van der Waals surface area contributed by atoms with Gasteiger partial charge in [-0.3, -0.25) is 0 Å². The second-order valence-corrected chi connectivity index (χ2v) is 16.3. The Labute approximate surface area is 296 Å². The van der Waals surface area contributed by atoms with E-state index in [0.29, 0.717) is 0 Å². The first-order chi connectivity index (χ1) is 24.8. The fourth-order valence-corrected chi connectivity index (χ4v) is 12.1. The van der Waals surface area contributed by atoms with Crippen molar-refractivity contribution in [2.45, 2.75) is 0 Å². The van der Waals surface area contributed by atoms with Crippen LogP contribution in [0.1, 0.15) is 0 Å². The van der Waals surface area contributed by atoms with Gasteiger partial charge in [-0.05, 0) is 79.4 Å². The van der Waals surface area contributed by atoms with E-state index in [1.54, 1.807) is 0 Å². The van der Waals surface area contributed by atoms with Crippen molar-refractivity contribution >= 4 is 45.9 Å². The molecule has 2 heteroatoms. The van der Waals surface area contributed by atoms with Gasteiger partial charge in [-0.2, -0.15) is 0 Å². The Kier molecular flexibility index (Phi) is 8.76. The van der Waals surface area contributed by atoms with Gasteiger partial charge in [-0.1, -0.05) is 188 Å². The lowest BCUT2D eigenvalue weighted by atomic mass is 9.95. The summed E-state index contributed by atoms with van der Waals surface area (Å²) in [4.78, 5) is 2.33. The summed E-state index contributed by atoms with van der Waals surface area (Å²) in [6.45, 7) is 0. The molecule has 0 aliphatic heterocycles. The molecule has 0 aromatic heterocycles. The molecule has 0 aliphatic carbocycles. The van der Waals surface area contributed by atoms with Crippen molar-refractivity contribution in [3.05, 3.63) is 224 Å². The highest BCUT2D eigenvalue weighted by atomic mass is 28.3. The van der Waals surface area contributed by atoms with Gasteiger partial charge in [0.1, 0.15) is 0 Å². The highest BCUT2D eigenvalue weighted by Crippen LogP contribution is 2.35. The van der Waals surface area contributed by atoms with E-state index >= 15 is 0 Å². The number of para-hydroxylation sites is 2. The summed E-state index contributed by atoms with van der Waals surface area (Å²) in [6.07, 6.45) is 0. The Morgan fingerprint density at radius 2 is 0.600 bits per heavy atom. The Hall–Kier alpha value is -6.22. The normalized spacial score (nSPS) is 11.2. The lowest BCUT2D eigenvalue weighted by Gasteiger charge is -2.35. The summed E-state index contributed by atoms with van der Waals surface area (Å²) in [7, 11) is -2.82. The average Bonchev–Trinajstić information content (AvgIpc) is 3.21. The van der Waals surface area contributed by atoms with E-state index in [-0.39, 0.29) is 0 Å². The van der Waals surface area contributed by atoms with Crippen LogP contribution in [0.15, 0.2) is 224 Å². The van der Waals surface area contributed by atoms with Crippen molar-refractivity contribution in [3.63, 3.8) is 0 Å². The Balaban J connectivity index is 1.38. The van der Waals surface area contributed by atoms with Crippen molar-refractivity contribution < 1.29 is 0 Å². The number of nitrogens with zero attached hydrogens (tertiary/aromatic N) is 1. The Bertz CT molecular complexity index is 2190. The van der Waals surface area contributed by atoms with Crippen LogP contribution in [-0.2, 0) is 0 Å². The molecule has 8 rings (SSSR count). The second-order valence-electron chi connectivity index (χ2n) is 12.5. The fraction of sp³-hybridized carbons (Fsp3) is 0. The third kappa shape index (κ3) is 5.87. The summed E-state index contributed by atoms with van der Waals surface area (Å²) < 4.78 is 0. The van der Waals surface area contributed by atoms with Crippen LogP contribution in [0.3, 0.4) is 0 Å². The minimum atomic E-state index is -2.82.